The molecule has 1 atom stereocenters. The van der Waals surface area contributed by atoms with Gasteiger partial charge in [0, 0.05) is 33.4 Å². The second kappa shape index (κ2) is 8.30. The Balaban J connectivity index is 1.69. The Kier molecular flexibility index (Phi) is 5.86. The van der Waals surface area contributed by atoms with Gasteiger partial charge in [0.1, 0.15) is 11.6 Å². The van der Waals surface area contributed by atoms with Crippen molar-refractivity contribution in [2.24, 2.45) is 5.92 Å². The van der Waals surface area contributed by atoms with Crippen molar-refractivity contribution >= 4 is 11.7 Å². The fraction of sp³-hybridized carbons (Fsp3) is 0.429. The highest BCUT2D eigenvalue weighted by Crippen LogP contribution is 2.27. The molecule has 4 nitrogen and oxygen atoms in total. The molecule has 0 saturated carbocycles. The smallest absolute Gasteiger partial charge is 0.257 e. The molecular weight excluding hydrogens is 329 g/mol. The summed E-state index contributed by atoms with van der Waals surface area (Å²) in [5.41, 5.74) is 1.43. The van der Waals surface area contributed by atoms with E-state index in [4.69, 9.17) is 0 Å². The molecule has 1 aromatic carbocycles. The Morgan fingerprint density at radius 1 is 1.27 bits per heavy atom. The molecule has 1 fully saturated rings. The summed E-state index contributed by atoms with van der Waals surface area (Å²) in [5, 5.41) is 0. The zero-order valence-corrected chi connectivity index (χ0v) is 15.5. The number of hydrogen-bond donors (Lipinski definition) is 0. The van der Waals surface area contributed by atoms with E-state index in [0.29, 0.717) is 11.5 Å². The Morgan fingerprint density at radius 2 is 2.08 bits per heavy atom. The minimum Gasteiger partial charge on any atom is -0.356 e. The summed E-state index contributed by atoms with van der Waals surface area (Å²) >= 11 is 0. The van der Waals surface area contributed by atoms with E-state index in [1.807, 2.05) is 18.2 Å². The average Bonchev–Trinajstić information content (AvgIpc) is 2.67. The van der Waals surface area contributed by atoms with Gasteiger partial charge in [0.2, 0.25) is 0 Å². The Morgan fingerprint density at radius 3 is 2.85 bits per heavy atom. The number of anilines is 1. The van der Waals surface area contributed by atoms with E-state index in [9.17, 15) is 9.18 Å². The van der Waals surface area contributed by atoms with Gasteiger partial charge in [-0.15, -0.1) is 0 Å². The number of halogens is 1. The summed E-state index contributed by atoms with van der Waals surface area (Å²) in [7, 11) is 3.51. The van der Waals surface area contributed by atoms with Gasteiger partial charge in [0.15, 0.2) is 0 Å². The number of rotatable bonds is 5. The quantitative estimate of drug-likeness (QED) is 0.819. The van der Waals surface area contributed by atoms with E-state index < -0.39 is 0 Å². The number of aromatic nitrogens is 1. The van der Waals surface area contributed by atoms with E-state index in [1.165, 1.54) is 6.07 Å². The maximum atomic E-state index is 13.8. The molecule has 2 aromatic rings. The van der Waals surface area contributed by atoms with Crippen molar-refractivity contribution in [3.05, 3.63) is 59.5 Å². The van der Waals surface area contributed by atoms with E-state index in [0.717, 1.165) is 50.2 Å². The van der Waals surface area contributed by atoms with Crippen LogP contribution in [0.3, 0.4) is 0 Å². The van der Waals surface area contributed by atoms with Gasteiger partial charge in [-0.1, -0.05) is 18.2 Å². The second-order valence-corrected chi connectivity index (χ2v) is 7.16. The van der Waals surface area contributed by atoms with E-state index in [1.54, 1.807) is 37.3 Å². The number of amides is 1. The van der Waals surface area contributed by atoms with Crippen molar-refractivity contribution in [2.45, 2.75) is 25.7 Å². The third-order valence-corrected chi connectivity index (χ3v) is 5.02. The Bertz CT molecular complexity index is 762. The predicted molar refractivity (Wildman–Crippen MR) is 102 cm³/mol. The van der Waals surface area contributed by atoms with Crippen molar-refractivity contribution in [3.8, 4) is 0 Å². The topological polar surface area (TPSA) is 36.4 Å². The molecule has 1 aromatic heterocycles. The van der Waals surface area contributed by atoms with Crippen LogP contribution in [0.25, 0.3) is 0 Å². The van der Waals surface area contributed by atoms with Gasteiger partial charge in [-0.3, -0.25) is 4.79 Å². The summed E-state index contributed by atoms with van der Waals surface area (Å²) < 4.78 is 13.8. The third-order valence-electron chi connectivity index (χ3n) is 5.02. The second-order valence-electron chi connectivity index (χ2n) is 7.16. The fourth-order valence-electron chi connectivity index (χ4n) is 3.61. The van der Waals surface area contributed by atoms with Crippen LogP contribution in [0.4, 0.5) is 10.2 Å². The summed E-state index contributed by atoms with van der Waals surface area (Å²) in [4.78, 5) is 20.7. The van der Waals surface area contributed by atoms with Crippen LogP contribution < -0.4 is 4.90 Å². The van der Waals surface area contributed by atoms with Gasteiger partial charge in [-0.05, 0) is 55.4 Å². The minimum absolute atomic E-state index is 0.0263. The highest BCUT2D eigenvalue weighted by molar-refractivity contribution is 5.98. The largest absolute Gasteiger partial charge is 0.356 e. The third kappa shape index (κ3) is 4.21. The van der Waals surface area contributed by atoms with Crippen LogP contribution in [0, 0.1) is 11.7 Å². The molecule has 1 aliphatic rings. The van der Waals surface area contributed by atoms with Crippen molar-refractivity contribution < 1.29 is 9.18 Å². The highest BCUT2D eigenvalue weighted by Gasteiger charge is 2.25. The van der Waals surface area contributed by atoms with Crippen molar-refractivity contribution in [2.75, 3.05) is 32.1 Å². The SMILES string of the molecule is CN(C)C(=O)c1cccnc1N1CCCC(CCc2ccccc2F)C1. The van der Waals surface area contributed by atoms with Crippen molar-refractivity contribution in [3.63, 3.8) is 0 Å². The molecule has 1 amide bonds. The number of nitrogens with zero attached hydrogens (tertiary/aromatic N) is 3. The first-order valence-corrected chi connectivity index (χ1v) is 9.21. The molecule has 0 radical (unpaired) electrons. The van der Waals surface area contributed by atoms with Crippen molar-refractivity contribution in [1.82, 2.24) is 9.88 Å². The van der Waals surface area contributed by atoms with Crippen LogP contribution in [0.15, 0.2) is 42.6 Å². The molecular formula is C21H26FN3O. The number of pyridine rings is 1. The average molecular weight is 355 g/mol. The van der Waals surface area contributed by atoms with E-state index in [2.05, 4.69) is 9.88 Å². The van der Waals surface area contributed by atoms with Crippen LogP contribution >= 0.6 is 0 Å². The number of aryl methyl sites for hydroxylation is 1. The molecule has 0 aliphatic carbocycles. The lowest BCUT2D eigenvalue weighted by Crippen LogP contribution is -2.38. The molecule has 0 N–H and O–H groups in total. The first kappa shape index (κ1) is 18.4. The van der Waals surface area contributed by atoms with Gasteiger partial charge < -0.3 is 9.80 Å². The summed E-state index contributed by atoms with van der Waals surface area (Å²) in [6, 6.07) is 10.6. The van der Waals surface area contributed by atoms with Crippen LogP contribution in [-0.2, 0) is 6.42 Å². The zero-order chi connectivity index (χ0) is 18.5. The van der Waals surface area contributed by atoms with Gasteiger partial charge in [0.05, 0.1) is 5.56 Å². The first-order valence-electron chi connectivity index (χ1n) is 9.21. The first-order chi connectivity index (χ1) is 12.6. The zero-order valence-electron chi connectivity index (χ0n) is 15.5. The maximum absolute atomic E-state index is 13.8. The van der Waals surface area contributed by atoms with Gasteiger partial charge in [-0.25, -0.2) is 9.37 Å². The lowest BCUT2D eigenvalue weighted by Gasteiger charge is -2.34. The van der Waals surface area contributed by atoms with Gasteiger partial charge in [0.25, 0.3) is 5.91 Å². The highest BCUT2D eigenvalue weighted by atomic mass is 19.1. The number of carbonyl (C=O) groups excluding carboxylic acids is 1. The van der Waals surface area contributed by atoms with Crippen LogP contribution in [0.5, 0.6) is 0 Å². The summed E-state index contributed by atoms with van der Waals surface area (Å²) in [6.45, 7) is 1.76. The van der Waals surface area contributed by atoms with E-state index in [-0.39, 0.29) is 11.7 Å². The van der Waals surface area contributed by atoms with Crippen LogP contribution in [0.2, 0.25) is 0 Å². The lowest BCUT2D eigenvalue weighted by atomic mass is 9.91. The molecule has 26 heavy (non-hydrogen) atoms. The predicted octanol–water partition coefficient (Wildman–Crippen LogP) is 3.77. The number of benzene rings is 1. The molecule has 138 valence electrons. The number of carbonyl (C=O) groups is 1. The fourth-order valence-corrected chi connectivity index (χ4v) is 3.61. The molecule has 1 aliphatic heterocycles. The van der Waals surface area contributed by atoms with Crippen LogP contribution in [0.1, 0.15) is 35.2 Å². The Labute approximate surface area is 154 Å². The van der Waals surface area contributed by atoms with Crippen molar-refractivity contribution in [1.29, 1.82) is 0 Å². The molecule has 2 heterocycles. The van der Waals surface area contributed by atoms with Gasteiger partial charge in [-0.2, -0.15) is 0 Å². The number of hydrogen-bond acceptors (Lipinski definition) is 3. The summed E-state index contributed by atoms with van der Waals surface area (Å²) in [6.07, 6.45) is 5.63. The molecule has 0 spiro atoms. The van der Waals surface area contributed by atoms with Gasteiger partial charge >= 0.3 is 0 Å². The summed E-state index contributed by atoms with van der Waals surface area (Å²) in [5.74, 6) is 1.10. The molecule has 1 saturated heterocycles. The lowest BCUT2D eigenvalue weighted by molar-refractivity contribution is 0.0827. The number of piperidine rings is 1. The minimum atomic E-state index is -0.122. The molecule has 1 unspecified atom stereocenters. The standard InChI is InChI=1S/C21H26FN3O/c1-24(2)21(26)18-9-5-13-23-20(18)25-14-6-7-16(15-25)11-12-17-8-3-4-10-19(17)22/h3-5,8-10,13,16H,6-7,11-12,14-15H2,1-2H3. The molecule has 3 rings (SSSR count). The maximum Gasteiger partial charge on any atom is 0.257 e. The molecule has 5 heteroatoms. The van der Waals surface area contributed by atoms with E-state index >= 15 is 0 Å². The monoisotopic (exact) mass is 355 g/mol. The normalized spacial score (nSPS) is 17.2. The Hall–Kier alpha value is -2.43. The molecule has 0 bridgehead atoms. The van der Waals surface area contributed by atoms with Crippen LogP contribution in [-0.4, -0.2) is 43.0 Å².